The molecule has 0 radical (unpaired) electrons. The van der Waals surface area contributed by atoms with Crippen LogP contribution in [0, 0.1) is 5.92 Å². The minimum Gasteiger partial charge on any atom is -0.508 e. The zero-order valence-electron chi connectivity index (χ0n) is 11.2. The molecule has 104 valence electrons. The van der Waals surface area contributed by atoms with Crippen LogP contribution in [0.2, 0.25) is 0 Å². The van der Waals surface area contributed by atoms with E-state index in [2.05, 4.69) is 11.8 Å². The van der Waals surface area contributed by atoms with Crippen molar-refractivity contribution in [3.63, 3.8) is 0 Å². The van der Waals surface area contributed by atoms with E-state index in [0.717, 1.165) is 25.1 Å². The predicted octanol–water partition coefficient (Wildman–Crippen LogP) is 2.64. The number of phenolic OH excluding ortho intramolecular Hbond substituents is 1. The molecule has 1 saturated heterocycles. The number of para-hydroxylation sites is 1. The standard InChI is InChI=1S/C15H21NO3/c1-2-13(12-5-3-4-6-14(12)17)16-9-7-11(8-10-16)15(18)19/h3-6,11,13,17H,2,7-10H2,1H3,(H,18,19). The molecule has 1 heterocycles. The maximum Gasteiger partial charge on any atom is 0.306 e. The van der Waals surface area contributed by atoms with Crippen molar-refractivity contribution in [2.45, 2.75) is 32.2 Å². The molecule has 2 N–H and O–H groups in total. The Bertz CT molecular complexity index is 439. The molecule has 2 rings (SSSR count). The van der Waals surface area contributed by atoms with Gasteiger partial charge in [-0.05, 0) is 38.4 Å². The van der Waals surface area contributed by atoms with E-state index < -0.39 is 5.97 Å². The number of carboxylic acid groups (broad SMARTS) is 1. The van der Waals surface area contributed by atoms with Gasteiger partial charge >= 0.3 is 5.97 Å². The first-order valence-electron chi connectivity index (χ1n) is 6.88. The van der Waals surface area contributed by atoms with Crippen LogP contribution in [-0.2, 0) is 4.79 Å². The number of aliphatic carboxylic acids is 1. The molecule has 0 saturated carbocycles. The lowest BCUT2D eigenvalue weighted by Gasteiger charge is -2.36. The van der Waals surface area contributed by atoms with Gasteiger partial charge < -0.3 is 10.2 Å². The van der Waals surface area contributed by atoms with Gasteiger partial charge in [-0.15, -0.1) is 0 Å². The van der Waals surface area contributed by atoms with Crippen molar-refractivity contribution >= 4 is 5.97 Å². The van der Waals surface area contributed by atoms with Crippen molar-refractivity contribution in [2.75, 3.05) is 13.1 Å². The van der Waals surface area contributed by atoms with E-state index in [1.165, 1.54) is 0 Å². The second kappa shape index (κ2) is 6.06. The summed E-state index contributed by atoms with van der Waals surface area (Å²) in [5.74, 6) is -0.567. The quantitative estimate of drug-likeness (QED) is 0.876. The van der Waals surface area contributed by atoms with Gasteiger partial charge in [0.2, 0.25) is 0 Å². The number of nitrogens with zero attached hydrogens (tertiary/aromatic N) is 1. The molecule has 1 fully saturated rings. The Hall–Kier alpha value is -1.55. The molecule has 19 heavy (non-hydrogen) atoms. The van der Waals surface area contributed by atoms with Gasteiger partial charge in [-0.25, -0.2) is 0 Å². The molecule has 0 aliphatic carbocycles. The van der Waals surface area contributed by atoms with Crippen molar-refractivity contribution in [2.24, 2.45) is 5.92 Å². The lowest BCUT2D eigenvalue weighted by Crippen LogP contribution is -2.38. The average Bonchev–Trinajstić information content (AvgIpc) is 2.42. The third-order valence-corrected chi connectivity index (χ3v) is 4.00. The van der Waals surface area contributed by atoms with Crippen LogP contribution in [-0.4, -0.2) is 34.2 Å². The van der Waals surface area contributed by atoms with Crippen molar-refractivity contribution < 1.29 is 15.0 Å². The van der Waals surface area contributed by atoms with Crippen LogP contribution in [0.3, 0.4) is 0 Å². The Morgan fingerprint density at radius 2 is 2.00 bits per heavy atom. The van der Waals surface area contributed by atoms with E-state index in [-0.39, 0.29) is 12.0 Å². The number of carbonyl (C=O) groups is 1. The van der Waals surface area contributed by atoms with Crippen molar-refractivity contribution in [3.05, 3.63) is 29.8 Å². The summed E-state index contributed by atoms with van der Waals surface area (Å²) in [6.07, 6.45) is 2.30. The van der Waals surface area contributed by atoms with E-state index in [1.54, 1.807) is 6.07 Å². The normalized spacial score (nSPS) is 19.2. The number of benzene rings is 1. The summed E-state index contributed by atoms with van der Waals surface area (Å²) >= 11 is 0. The number of phenols is 1. The number of carboxylic acids is 1. The lowest BCUT2D eigenvalue weighted by atomic mass is 9.93. The van der Waals surface area contributed by atoms with Gasteiger partial charge in [0.25, 0.3) is 0 Å². The van der Waals surface area contributed by atoms with Crippen molar-refractivity contribution in [3.8, 4) is 5.75 Å². The third-order valence-electron chi connectivity index (χ3n) is 4.00. The van der Waals surface area contributed by atoms with E-state index in [9.17, 15) is 9.90 Å². The van der Waals surface area contributed by atoms with Crippen molar-refractivity contribution in [1.29, 1.82) is 0 Å². The van der Waals surface area contributed by atoms with Crippen molar-refractivity contribution in [1.82, 2.24) is 4.90 Å². The van der Waals surface area contributed by atoms with E-state index in [4.69, 9.17) is 5.11 Å². The highest BCUT2D eigenvalue weighted by Gasteiger charge is 2.29. The van der Waals surface area contributed by atoms with E-state index >= 15 is 0 Å². The molecule has 1 aliphatic rings. The fraction of sp³-hybridized carbons (Fsp3) is 0.533. The van der Waals surface area contributed by atoms with Crippen LogP contribution >= 0.6 is 0 Å². The first-order chi connectivity index (χ1) is 9.13. The highest BCUT2D eigenvalue weighted by molar-refractivity contribution is 5.70. The van der Waals surface area contributed by atoms with E-state index in [0.29, 0.717) is 18.6 Å². The first-order valence-corrected chi connectivity index (χ1v) is 6.88. The zero-order valence-corrected chi connectivity index (χ0v) is 11.2. The number of hydrogen-bond acceptors (Lipinski definition) is 3. The Balaban J connectivity index is 2.08. The number of rotatable bonds is 4. The van der Waals surface area contributed by atoms with Gasteiger partial charge in [-0.2, -0.15) is 0 Å². The minimum atomic E-state index is -0.685. The molecule has 0 amide bonds. The number of likely N-dealkylation sites (tertiary alicyclic amines) is 1. The van der Waals surface area contributed by atoms with Crippen LogP contribution in [0.4, 0.5) is 0 Å². The molecular weight excluding hydrogens is 242 g/mol. The lowest BCUT2D eigenvalue weighted by molar-refractivity contribution is -0.143. The van der Waals surface area contributed by atoms with E-state index in [1.807, 2.05) is 18.2 Å². The third kappa shape index (κ3) is 3.07. The van der Waals surface area contributed by atoms with Gasteiger partial charge in [0.05, 0.1) is 5.92 Å². The number of hydrogen-bond donors (Lipinski definition) is 2. The molecule has 1 aromatic rings. The fourth-order valence-electron chi connectivity index (χ4n) is 2.90. The number of piperidine rings is 1. The summed E-state index contributed by atoms with van der Waals surface area (Å²) in [5, 5.41) is 19.0. The Morgan fingerprint density at radius 3 is 2.53 bits per heavy atom. The van der Waals surface area contributed by atoms with Crippen LogP contribution in [0.25, 0.3) is 0 Å². The van der Waals surface area contributed by atoms with Crippen LogP contribution < -0.4 is 0 Å². The zero-order chi connectivity index (χ0) is 13.8. The summed E-state index contributed by atoms with van der Waals surface area (Å²) in [5.41, 5.74) is 0.943. The SMILES string of the molecule is CCC(c1ccccc1O)N1CCC(C(=O)O)CC1. The molecule has 1 unspecified atom stereocenters. The molecular formula is C15H21NO3. The molecule has 1 atom stereocenters. The molecule has 0 aromatic heterocycles. The summed E-state index contributed by atoms with van der Waals surface area (Å²) in [6, 6.07) is 7.59. The molecule has 0 spiro atoms. The molecule has 4 heteroatoms. The van der Waals surface area contributed by atoms with Gasteiger partial charge in [-0.3, -0.25) is 9.69 Å². The highest BCUT2D eigenvalue weighted by Crippen LogP contribution is 2.33. The van der Waals surface area contributed by atoms with Crippen LogP contribution in [0.1, 0.15) is 37.8 Å². The Morgan fingerprint density at radius 1 is 1.37 bits per heavy atom. The summed E-state index contributed by atoms with van der Waals surface area (Å²) in [7, 11) is 0. The maximum absolute atomic E-state index is 11.0. The van der Waals surface area contributed by atoms with Crippen LogP contribution in [0.5, 0.6) is 5.75 Å². The minimum absolute atomic E-state index is 0.177. The molecule has 0 bridgehead atoms. The Labute approximate surface area is 113 Å². The largest absolute Gasteiger partial charge is 0.508 e. The first kappa shape index (κ1) is 13.9. The second-order valence-corrected chi connectivity index (χ2v) is 5.13. The maximum atomic E-state index is 11.0. The fourth-order valence-corrected chi connectivity index (χ4v) is 2.90. The number of aromatic hydroxyl groups is 1. The topological polar surface area (TPSA) is 60.8 Å². The van der Waals surface area contributed by atoms with Gasteiger partial charge in [0, 0.05) is 11.6 Å². The monoisotopic (exact) mass is 263 g/mol. The van der Waals surface area contributed by atoms with Crippen LogP contribution in [0.15, 0.2) is 24.3 Å². The second-order valence-electron chi connectivity index (χ2n) is 5.13. The average molecular weight is 263 g/mol. The Kier molecular flexibility index (Phi) is 4.43. The highest BCUT2D eigenvalue weighted by atomic mass is 16.4. The summed E-state index contributed by atoms with van der Waals surface area (Å²) < 4.78 is 0. The molecule has 1 aliphatic heterocycles. The van der Waals surface area contributed by atoms with Gasteiger partial charge in [0.1, 0.15) is 5.75 Å². The van der Waals surface area contributed by atoms with Gasteiger partial charge in [0.15, 0.2) is 0 Å². The predicted molar refractivity (Wildman–Crippen MR) is 73.1 cm³/mol. The van der Waals surface area contributed by atoms with Gasteiger partial charge in [-0.1, -0.05) is 25.1 Å². The summed E-state index contributed by atoms with van der Waals surface area (Å²) in [6.45, 7) is 3.66. The smallest absolute Gasteiger partial charge is 0.306 e. The molecule has 1 aromatic carbocycles. The summed E-state index contributed by atoms with van der Waals surface area (Å²) in [4.78, 5) is 13.3. The molecule has 4 nitrogen and oxygen atoms in total.